The molecule has 33 heavy (non-hydrogen) atoms. The van der Waals surface area contributed by atoms with Gasteiger partial charge in [0.05, 0.1) is 63.3 Å². The molecule has 10 heteroatoms. The number of nitrogens with one attached hydrogen (secondary N) is 1. The molecule has 1 aromatic carbocycles. The fraction of sp³-hybridized carbons (Fsp3) is 0.435. The molecule has 0 saturated carbocycles. The zero-order valence-electron chi connectivity index (χ0n) is 18.7. The third-order valence-corrected chi connectivity index (χ3v) is 5.70. The Kier molecular flexibility index (Phi) is 7.19. The van der Waals surface area contributed by atoms with Crippen molar-refractivity contribution in [3.05, 3.63) is 35.9 Å². The summed E-state index contributed by atoms with van der Waals surface area (Å²) in [6.07, 6.45) is 0. The van der Waals surface area contributed by atoms with E-state index in [0.29, 0.717) is 42.4 Å². The summed E-state index contributed by atoms with van der Waals surface area (Å²) in [5.74, 6) is 1.61. The highest BCUT2D eigenvalue weighted by Crippen LogP contribution is 2.31. The van der Waals surface area contributed by atoms with Crippen LogP contribution in [0, 0.1) is 0 Å². The minimum Gasteiger partial charge on any atom is -0.496 e. The number of nitrogens with zero attached hydrogens (tertiary/aromatic N) is 4. The molecule has 4 N–H and O–H groups in total. The van der Waals surface area contributed by atoms with Crippen molar-refractivity contribution in [1.82, 2.24) is 15.0 Å². The van der Waals surface area contributed by atoms with Gasteiger partial charge in [0.25, 0.3) is 0 Å². The highest BCUT2D eigenvalue weighted by Gasteiger charge is 2.24. The van der Waals surface area contributed by atoms with E-state index in [9.17, 15) is 15.3 Å². The van der Waals surface area contributed by atoms with Crippen molar-refractivity contribution in [2.75, 3.05) is 50.3 Å². The molecule has 1 aliphatic rings. The molecule has 0 aliphatic carbocycles. The average Bonchev–Trinajstić information content (AvgIpc) is 2.86. The molecule has 1 aliphatic heterocycles. The van der Waals surface area contributed by atoms with Crippen LogP contribution >= 0.6 is 0 Å². The lowest BCUT2D eigenvalue weighted by atomic mass is 10.1. The molecule has 10 nitrogen and oxygen atoms in total. The second-order valence-electron chi connectivity index (χ2n) is 7.95. The van der Waals surface area contributed by atoms with Gasteiger partial charge >= 0.3 is 0 Å². The van der Waals surface area contributed by atoms with Crippen LogP contribution in [0.5, 0.6) is 5.75 Å². The minimum atomic E-state index is -0.589. The van der Waals surface area contributed by atoms with Gasteiger partial charge in [0.1, 0.15) is 11.6 Å². The van der Waals surface area contributed by atoms with Gasteiger partial charge in [-0.2, -0.15) is 9.97 Å². The molecule has 1 saturated heterocycles. The third-order valence-electron chi connectivity index (χ3n) is 5.70. The molecule has 0 bridgehead atoms. The molecule has 2 aromatic heterocycles. The fourth-order valence-electron chi connectivity index (χ4n) is 3.87. The van der Waals surface area contributed by atoms with Gasteiger partial charge in [-0.15, -0.1) is 0 Å². The van der Waals surface area contributed by atoms with Crippen LogP contribution in [0.25, 0.3) is 22.3 Å². The number of pyridine rings is 1. The lowest BCUT2D eigenvalue weighted by Crippen LogP contribution is -2.44. The van der Waals surface area contributed by atoms with E-state index in [1.807, 2.05) is 24.3 Å². The van der Waals surface area contributed by atoms with Gasteiger partial charge in [-0.3, -0.25) is 0 Å². The quantitative estimate of drug-likeness (QED) is 0.392. The Bertz CT molecular complexity index is 1110. The minimum absolute atomic E-state index is 0.115. The molecule has 3 aromatic rings. The van der Waals surface area contributed by atoms with E-state index >= 15 is 0 Å². The van der Waals surface area contributed by atoms with Gasteiger partial charge in [0, 0.05) is 17.7 Å². The van der Waals surface area contributed by atoms with E-state index in [2.05, 4.69) is 22.1 Å². The number of fused-ring (bicyclic) bond motifs is 1. The Morgan fingerprint density at radius 2 is 1.97 bits per heavy atom. The molecule has 0 spiro atoms. The maximum Gasteiger partial charge on any atom is 0.227 e. The molecule has 0 amide bonds. The van der Waals surface area contributed by atoms with Crippen molar-refractivity contribution in [3.63, 3.8) is 0 Å². The van der Waals surface area contributed by atoms with Gasteiger partial charge < -0.3 is 35.0 Å². The number of aliphatic hydroxyl groups excluding tert-OH is 3. The summed E-state index contributed by atoms with van der Waals surface area (Å²) in [4.78, 5) is 16.2. The van der Waals surface area contributed by atoms with Crippen LogP contribution in [0.4, 0.5) is 11.8 Å². The summed E-state index contributed by atoms with van der Waals surface area (Å²) in [5.41, 5.74) is 2.65. The van der Waals surface area contributed by atoms with Crippen molar-refractivity contribution in [1.29, 1.82) is 0 Å². The number of rotatable bonds is 8. The summed E-state index contributed by atoms with van der Waals surface area (Å²) in [6.45, 7) is 3.26. The Labute approximate surface area is 191 Å². The SMILES string of the molecule is COc1ccc(-c2ccc3c(N4CCOC[C@@H]4C)nc(NC(CO)CO)nc3n2)cc1CO. The highest BCUT2D eigenvalue weighted by molar-refractivity contribution is 5.90. The Morgan fingerprint density at radius 3 is 2.67 bits per heavy atom. The van der Waals surface area contributed by atoms with Crippen LogP contribution in [0.2, 0.25) is 0 Å². The Hall–Kier alpha value is -3.05. The molecule has 4 rings (SSSR count). The molecule has 0 unspecified atom stereocenters. The number of benzene rings is 1. The molecular formula is C23H29N5O5. The summed E-state index contributed by atoms with van der Waals surface area (Å²) >= 11 is 0. The number of aliphatic hydroxyl groups is 3. The predicted octanol–water partition coefficient (Wildman–Crippen LogP) is 1.18. The molecule has 0 radical (unpaired) electrons. The maximum atomic E-state index is 9.68. The molecule has 176 valence electrons. The number of methoxy groups -OCH3 is 1. The number of ether oxygens (including phenoxy) is 2. The van der Waals surface area contributed by atoms with E-state index < -0.39 is 6.04 Å². The Balaban J connectivity index is 1.82. The second kappa shape index (κ2) is 10.3. The first kappa shape index (κ1) is 23.1. The largest absolute Gasteiger partial charge is 0.496 e. The number of morpholine rings is 1. The monoisotopic (exact) mass is 455 g/mol. The van der Waals surface area contributed by atoms with Crippen LogP contribution in [-0.2, 0) is 11.3 Å². The second-order valence-corrected chi connectivity index (χ2v) is 7.95. The molecule has 1 fully saturated rings. The number of hydrogen-bond acceptors (Lipinski definition) is 10. The van der Waals surface area contributed by atoms with E-state index in [0.717, 1.165) is 16.8 Å². The Morgan fingerprint density at radius 1 is 1.15 bits per heavy atom. The smallest absolute Gasteiger partial charge is 0.227 e. The highest BCUT2D eigenvalue weighted by atomic mass is 16.5. The molecular weight excluding hydrogens is 426 g/mol. The zero-order valence-corrected chi connectivity index (χ0v) is 18.7. The number of aromatic nitrogens is 3. The molecule has 3 heterocycles. The van der Waals surface area contributed by atoms with E-state index in [-0.39, 0.29) is 31.8 Å². The normalized spacial score (nSPS) is 16.4. The van der Waals surface area contributed by atoms with Gasteiger partial charge in [-0.25, -0.2) is 4.98 Å². The topological polar surface area (TPSA) is 133 Å². The van der Waals surface area contributed by atoms with Crippen LogP contribution in [0.15, 0.2) is 30.3 Å². The average molecular weight is 456 g/mol. The van der Waals surface area contributed by atoms with Crippen molar-refractivity contribution >= 4 is 22.8 Å². The van der Waals surface area contributed by atoms with Crippen LogP contribution in [-0.4, -0.2) is 82.4 Å². The maximum absolute atomic E-state index is 9.68. The number of anilines is 2. The summed E-state index contributed by atoms with van der Waals surface area (Å²) in [6, 6.07) is 8.89. The van der Waals surface area contributed by atoms with Gasteiger partial charge in [-0.1, -0.05) is 0 Å². The fourth-order valence-corrected chi connectivity index (χ4v) is 3.87. The van der Waals surface area contributed by atoms with Crippen molar-refractivity contribution in [3.8, 4) is 17.0 Å². The lowest BCUT2D eigenvalue weighted by Gasteiger charge is -2.35. The first-order valence-corrected chi connectivity index (χ1v) is 10.9. The summed E-state index contributed by atoms with van der Waals surface area (Å²) < 4.78 is 10.9. The van der Waals surface area contributed by atoms with E-state index in [4.69, 9.17) is 19.4 Å². The first-order chi connectivity index (χ1) is 16.1. The molecule has 1 atom stereocenters. The predicted molar refractivity (Wildman–Crippen MR) is 124 cm³/mol. The van der Waals surface area contributed by atoms with E-state index in [1.54, 1.807) is 13.2 Å². The zero-order chi connectivity index (χ0) is 23.4. The van der Waals surface area contributed by atoms with Gasteiger partial charge in [-0.05, 0) is 37.3 Å². The van der Waals surface area contributed by atoms with Crippen molar-refractivity contribution in [2.45, 2.75) is 25.6 Å². The standard InChI is InChI=1S/C23H29N5O5/c1-14-13-33-8-7-28(14)22-18-4-5-19(15-3-6-20(32-2)16(9-15)10-29)25-21(18)26-23(27-22)24-17(11-30)12-31/h3-6,9,14,17,29-31H,7-8,10-13H2,1-2H3,(H,24,25,26,27)/t14-/m0/s1. The van der Waals surface area contributed by atoms with E-state index in [1.165, 1.54) is 0 Å². The van der Waals surface area contributed by atoms with Crippen molar-refractivity contribution in [2.24, 2.45) is 0 Å². The summed E-state index contributed by atoms with van der Waals surface area (Å²) in [7, 11) is 1.56. The van der Waals surface area contributed by atoms with Crippen LogP contribution in [0.1, 0.15) is 12.5 Å². The van der Waals surface area contributed by atoms with Gasteiger partial charge in [0.15, 0.2) is 5.65 Å². The summed E-state index contributed by atoms with van der Waals surface area (Å²) in [5, 5.41) is 32.4. The van der Waals surface area contributed by atoms with Gasteiger partial charge in [0.2, 0.25) is 5.95 Å². The first-order valence-electron chi connectivity index (χ1n) is 10.9. The van der Waals surface area contributed by atoms with Crippen LogP contribution in [0.3, 0.4) is 0 Å². The third kappa shape index (κ3) is 4.83. The van der Waals surface area contributed by atoms with Crippen molar-refractivity contribution < 1.29 is 24.8 Å². The lowest BCUT2D eigenvalue weighted by molar-refractivity contribution is 0.0987. The number of hydrogen-bond donors (Lipinski definition) is 4. The van der Waals surface area contributed by atoms with Crippen LogP contribution < -0.4 is 15.0 Å².